The van der Waals surface area contributed by atoms with Crippen LogP contribution in [-0.2, 0) is 12.7 Å². The van der Waals surface area contributed by atoms with Crippen molar-refractivity contribution in [2.45, 2.75) is 12.7 Å². The van der Waals surface area contributed by atoms with Crippen molar-refractivity contribution in [3.05, 3.63) is 45.9 Å². The molecule has 0 radical (unpaired) electrons. The van der Waals surface area contributed by atoms with E-state index in [-0.39, 0.29) is 29.0 Å². The Morgan fingerprint density at radius 3 is 2.70 bits per heavy atom. The fraction of sp³-hybridized carbons (Fsp3) is 0.167. The van der Waals surface area contributed by atoms with Gasteiger partial charge in [-0.3, -0.25) is 9.78 Å². The highest BCUT2D eigenvalue weighted by Crippen LogP contribution is 2.28. The number of amides is 1. The van der Waals surface area contributed by atoms with Gasteiger partial charge in [0.2, 0.25) is 5.82 Å². The molecule has 0 aliphatic heterocycles. The van der Waals surface area contributed by atoms with Crippen LogP contribution < -0.4 is 11.0 Å². The summed E-state index contributed by atoms with van der Waals surface area (Å²) in [6.07, 6.45) is -4.59. The standard InChI is InChI=1S/C12H9F3N6O2/c13-12(14,15)10-17-6-2-1-5(3-7(6)18-10)9(22)16-4-8-19-11(23)21-20-8/h1-3H,4H2,(H,16,22)(H,17,18)(H2,19,20,21,23). The number of nitrogens with one attached hydrogen (secondary N) is 4. The molecule has 0 bridgehead atoms. The van der Waals surface area contributed by atoms with Crippen molar-refractivity contribution in [2.24, 2.45) is 0 Å². The number of carbonyl (C=O) groups is 1. The number of halogens is 3. The summed E-state index contributed by atoms with van der Waals surface area (Å²) in [4.78, 5) is 30.7. The summed E-state index contributed by atoms with van der Waals surface area (Å²) in [5.74, 6) is -1.43. The molecule has 2 heterocycles. The Morgan fingerprint density at radius 2 is 2.04 bits per heavy atom. The number of hydrogen-bond acceptors (Lipinski definition) is 4. The zero-order valence-corrected chi connectivity index (χ0v) is 11.3. The van der Waals surface area contributed by atoms with Crippen molar-refractivity contribution in [3.8, 4) is 0 Å². The average molecular weight is 326 g/mol. The van der Waals surface area contributed by atoms with E-state index in [0.717, 1.165) is 0 Å². The average Bonchev–Trinajstić information content (AvgIpc) is 3.09. The normalized spacial score (nSPS) is 11.8. The number of hydrogen-bond donors (Lipinski definition) is 4. The van der Waals surface area contributed by atoms with E-state index in [9.17, 15) is 22.8 Å². The van der Waals surface area contributed by atoms with Gasteiger partial charge in [-0.1, -0.05) is 0 Å². The Morgan fingerprint density at radius 1 is 1.26 bits per heavy atom. The third-order valence-electron chi connectivity index (χ3n) is 2.98. The number of rotatable bonds is 3. The van der Waals surface area contributed by atoms with Gasteiger partial charge in [0.25, 0.3) is 5.91 Å². The number of alkyl halides is 3. The fourth-order valence-electron chi connectivity index (χ4n) is 1.94. The molecule has 0 fully saturated rings. The Hall–Kier alpha value is -3.11. The van der Waals surface area contributed by atoms with Gasteiger partial charge >= 0.3 is 11.9 Å². The van der Waals surface area contributed by atoms with Gasteiger partial charge in [-0.15, -0.1) is 0 Å². The van der Waals surface area contributed by atoms with E-state index in [2.05, 4.69) is 30.5 Å². The highest BCUT2D eigenvalue weighted by Gasteiger charge is 2.34. The van der Waals surface area contributed by atoms with Gasteiger partial charge in [0.1, 0.15) is 5.82 Å². The molecule has 1 aromatic carbocycles. The summed E-state index contributed by atoms with van der Waals surface area (Å²) in [6, 6.07) is 3.93. The number of aromatic nitrogens is 5. The molecule has 0 saturated heterocycles. The van der Waals surface area contributed by atoms with Crippen LogP contribution in [0, 0.1) is 0 Å². The van der Waals surface area contributed by atoms with E-state index in [1.54, 1.807) is 0 Å². The largest absolute Gasteiger partial charge is 0.449 e. The lowest BCUT2D eigenvalue weighted by atomic mass is 10.2. The summed E-state index contributed by atoms with van der Waals surface area (Å²) in [5, 5.41) is 8.24. The summed E-state index contributed by atoms with van der Waals surface area (Å²) >= 11 is 0. The van der Waals surface area contributed by atoms with Crippen LogP contribution in [0.15, 0.2) is 23.0 Å². The number of H-pyrrole nitrogens is 3. The first-order valence-electron chi connectivity index (χ1n) is 6.31. The Labute approximate surface area is 125 Å². The van der Waals surface area contributed by atoms with E-state index in [4.69, 9.17) is 0 Å². The molecule has 3 aromatic rings. The maximum atomic E-state index is 12.6. The molecule has 0 saturated carbocycles. The molecule has 1 amide bonds. The smallest absolute Gasteiger partial charge is 0.345 e. The lowest BCUT2D eigenvalue weighted by Gasteiger charge is -2.02. The van der Waals surface area contributed by atoms with Crippen molar-refractivity contribution >= 4 is 16.9 Å². The number of carbonyl (C=O) groups excluding carboxylic acids is 1. The van der Waals surface area contributed by atoms with Gasteiger partial charge in [-0.2, -0.15) is 18.3 Å². The zero-order valence-electron chi connectivity index (χ0n) is 11.3. The maximum Gasteiger partial charge on any atom is 0.449 e. The quantitative estimate of drug-likeness (QED) is 0.572. The minimum absolute atomic E-state index is 0.0353. The van der Waals surface area contributed by atoms with Crippen molar-refractivity contribution in [3.63, 3.8) is 0 Å². The highest BCUT2D eigenvalue weighted by molar-refractivity contribution is 5.97. The van der Waals surface area contributed by atoms with Crippen molar-refractivity contribution in [2.75, 3.05) is 0 Å². The SMILES string of the molecule is O=C(NCc1n[nH]c(=O)[nH]1)c1ccc2nc(C(F)(F)F)[nH]c2c1. The first-order chi connectivity index (χ1) is 10.8. The number of nitrogens with zero attached hydrogens (tertiary/aromatic N) is 2. The van der Waals surface area contributed by atoms with Crippen LogP contribution in [0.1, 0.15) is 22.0 Å². The molecule has 11 heteroatoms. The second kappa shape index (κ2) is 5.26. The van der Waals surface area contributed by atoms with Gasteiger partial charge in [0.05, 0.1) is 17.6 Å². The lowest BCUT2D eigenvalue weighted by Crippen LogP contribution is -2.23. The van der Waals surface area contributed by atoms with Crippen LogP contribution in [0.3, 0.4) is 0 Å². The minimum Gasteiger partial charge on any atom is -0.345 e. The Bertz CT molecular complexity index is 923. The molecule has 4 N–H and O–H groups in total. The van der Waals surface area contributed by atoms with Gasteiger partial charge in [-0.05, 0) is 18.2 Å². The summed E-state index contributed by atoms with van der Waals surface area (Å²) in [5.41, 5.74) is -0.163. The van der Waals surface area contributed by atoms with Gasteiger partial charge in [0, 0.05) is 5.56 Å². The van der Waals surface area contributed by atoms with Crippen molar-refractivity contribution in [1.82, 2.24) is 30.5 Å². The monoisotopic (exact) mass is 326 g/mol. The number of fused-ring (bicyclic) bond motifs is 1. The molecule has 8 nitrogen and oxygen atoms in total. The molecule has 3 rings (SSSR count). The topological polar surface area (TPSA) is 119 Å². The molecule has 0 atom stereocenters. The van der Waals surface area contributed by atoms with Crippen LogP contribution >= 0.6 is 0 Å². The molecular formula is C12H9F3N6O2. The van der Waals surface area contributed by atoms with Crippen molar-refractivity contribution in [1.29, 1.82) is 0 Å². The summed E-state index contributed by atoms with van der Waals surface area (Å²) < 4.78 is 37.8. The fourth-order valence-corrected chi connectivity index (χ4v) is 1.94. The maximum absolute atomic E-state index is 12.6. The van der Waals surface area contributed by atoms with Crippen LogP contribution in [0.5, 0.6) is 0 Å². The van der Waals surface area contributed by atoms with E-state index in [1.807, 2.05) is 0 Å². The number of benzene rings is 1. The molecule has 0 aliphatic rings. The minimum atomic E-state index is -4.59. The predicted octanol–water partition coefficient (Wildman–Crippen LogP) is 0.923. The Balaban J connectivity index is 1.79. The first-order valence-corrected chi connectivity index (χ1v) is 6.31. The molecule has 0 spiro atoms. The lowest BCUT2D eigenvalue weighted by molar-refractivity contribution is -0.144. The van der Waals surface area contributed by atoms with E-state index in [1.165, 1.54) is 18.2 Å². The predicted molar refractivity (Wildman–Crippen MR) is 71.5 cm³/mol. The second-order valence-corrected chi connectivity index (χ2v) is 4.62. The van der Waals surface area contributed by atoms with Crippen LogP contribution in [0.25, 0.3) is 11.0 Å². The highest BCUT2D eigenvalue weighted by atomic mass is 19.4. The molecule has 0 aliphatic carbocycles. The van der Waals surface area contributed by atoms with E-state index in [0.29, 0.717) is 0 Å². The summed E-state index contributed by atoms with van der Waals surface area (Å²) in [6.45, 7) is -0.0353. The first kappa shape index (κ1) is 14.8. The molecule has 120 valence electrons. The third kappa shape index (κ3) is 3.07. The number of imidazole rings is 1. The molecule has 2 aromatic heterocycles. The van der Waals surface area contributed by atoms with Gasteiger partial charge in [0.15, 0.2) is 0 Å². The van der Waals surface area contributed by atoms with E-state index < -0.39 is 23.6 Å². The van der Waals surface area contributed by atoms with Crippen molar-refractivity contribution < 1.29 is 18.0 Å². The van der Waals surface area contributed by atoms with Gasteiger partial charge in [-0.25, -0.2) is 14.9 Å². The molecular weight excluding hydrogens is 317 g/mol. The molecule has 23 heavy (non-hydrogen) atoms. The molecule has 0 unspecified atom stereocenters. The summed E-state index contributed by atoms with van der Waals surface area (Å²) in [7, 11) is 0. The number of aromatic amines is 3. The van der Waals surface area contributed by atoms with Crippen LogP contribution in [0.2, 0.25) is 0 Å². The van der Waals surface area contributed by atoms with Crippen LogP contribution in [0.4, 0.5) is 13.2 Å². The van der Waals surface area contributed by atoms with Gasteiger partial charge < -0.3 is 10.3 Å². The zero-order chi connectivity index (χ0) is 16.6. The van der Waals surface area contributed by atoms with Crippen LogP contribution in [-0.4, -0.2) is 31.1 Å². The third-order valence-corrected chi connectivity index (χ3v) is 2.98. The Kier molecular flexibility index (Phi) is 3.39. The second-order valence-electron chi connectivity index (χ2n) is 4.62. The van der Waals surface area contributed by atoms with E-state index >= 15 is 0 Å².